The van der Waals surface area contributed by atoms with Crippen molar-refractivity contribution in [3.63, 3.8) is 0 Å². The quantitative estimate of drug-likeness (QED) is 0.798. The molecule has 0 spiro atoms. The van der Waals surface area contributed by atoms with Gasteiger partial charge in [-0.15, -0.1) is 0 Å². The number of benzene rings is 1. The van der Waals surface area contributed by atoms with Gasteiger partial charge in [-0.1, -0.05) is 31.0 Å². The zero-order chi connectivity index (χ0) is 11.5. The standard InChI is InChI=1S/C15H22N2/c1-4-8-15-13(5-1)9-11-17(12-10-16-15)14-6-2-3-7-14/h1,4-5,8,14,16H,2-3,6-7,9-12H2. The minimum absolute atomic E-state index is 0.863. The van der Waals surface area contributed by atoms with E-state index >= 15 is 0 Å². The van der Waals surface area contributed by atoms with E-state index in [9.17, 15) is 0 Å². The van der Waals surface area contributed by atoms with Gasteiger partial charge in [0.25, 0.3) is 0 Å². The Bertz CT molecular complexity index is 369. The Morgan fingerprint density at radius 3 is 2.76 bits per heavy atom. The largest absolute Gasteiger partial charge is 0.384 e. The van der Waals surface area contributed by atoms with Gasteiger partial charge < -0.3 is 5.32 Å². The van der Waals surface area contributed by atoms with E-state index in [1.165, 1.54) is 56.4 Å². The Hall–Kier alpha value is -1.02. The number of anilines is 1. The number of para-hydroxylation sites is 1. The summed E-state index contributed by atoms with van der Waals surface area (Å²) in [6, 6.07) is 9.62. The first-order valence-electron chi connectivity index (χ1n) is 6.99. The molecule has 0 bridgehead atoms. The molecule has 0 unspecified atom stereocenters. The summed E-state index contributed by atoms with van der Waals surface area (Å²) in [6.07, 6.45) is 6.90. The van der Waals surface area contributed by atoms with Gasteiger partial charge in [0.15, 0.2) is 0 Å². The van der Waals surface area contributed by atoms with Crippen LogP contribution in [-0.2, 0) is 6.42 Å². The van der Waals surface area contributed by atoms with Crippen LogP contribution in [0.15, 0.2) is 24.3 Å². The van der Waals surface area contributed by atoms with Crippen LogP contribution < -0.4 is 5.32 Å². The first-order chi connectivity index (χ1) is 8.43. The third kappa shape index (κ3) is 2.47. The van der Waals surface area contributed by atoms with E-state index < -0.39 is 0 Å². The Kier molecular flexibility index (Phi) is 3.32. The monoisotopic (exact) mass is 230 g/mol. The molecule has 0 amide bonds. The summed E-state index contributed by atoms with van der Waals surface area (Å²) in [4.78, 5) is 2.70. The summed E-state index contributed by atoms with van der Waals surface area (Å²) >= 11 is 0. The van der Waals surface area contributed by atoms with E-state index in [2.05, 4.69) is 34.5 Å². The van der Waals surface area contributed by atoms with Crippen LogP contribution in [0, 0.1) is 0 Å². The lowest BCUT2D eigenvalue weighted by atomic mass is 10.1. The molecule has 0 aromatic heterocycles. The molecule has 2 heteroatoms. The van der Waals surface area contributed by atoms with Gasteiger partial charge in [0.1, 0.15) is 0 Å². The Morgan fingerprint density at radius 1 is 1.06 bits per heavy atom. The number of hydrogen-bond acceptors (Lipinski definition) is 2. The van der Waals surface area contributed by atoms with Crippen LogP contribution in [0.3, 0.4) is 0 Å². The lowest BCUT2D eigenvalue weighted by Gasteiger charge is -2.31. The molecular weight excluding hydrogens is 208 g/mol. The Morgan fingerprint density at radius 2 is 1.88 bits per heavy atom. The molecule has 1 aliphatic heterocycles. The second-order valence-electron chi connectivity index (χ2n) is 5.31. The van der Waals surface area contributed by atoms with Crippen LogP contribution in [0.2, 0.25) is 0 Å². The zero-order valence-corrected chi connectivity index (χ0v) is 10.5. The minimum atomic E-state index is 0.863. The lowest BCUT2D eigenvalue weighted by Crippen LogP contribution is -2.39. The van der Waals surface area contributed by atoms with Crippen LogP contribution in [0.25, 0.3) is 0 Å². The normalized spacial score (nSPS) is 22.6. The predicted octanol–water partition coefficient (Wildman–Crippen LogP) is 2.90. The van der Waals surface area contributed by atoms with Crippen molar-refractivity contribution in [3.05, 3.63) is 29.8 Å². The van der Waals surface area contributed by atoms with Crippen molar-refractivity contribution in [2.24, 2.45) is 0 Å². The highest BCUT2D eigenvalue weighted by molar-refractivity contribution is 5.51. The highest BCUT2D eigenvalue weighted by Crippen LogP contribution is 2.25. The maximum absolute atomic E-state index is 3.58. The van der Waals surface area contributed by atoms with Crippen LogP contribution in [0.4, 0.5) is 5.69 Å². The highest BCUT2D eigenvalue weighted by Gasteiger charge is 2.23. The maximum atomic E-state index is 3.58. The van der Waals surface area contributed by atoms with Gasteiger partial charge in [-0.05, 0) is 30.9 Å². The number of nitrogens with one attached hydrogen (secondary N) is 1. The number of hydrogen-bond donors (Lipinski definition) is 1. The van der Waals surface area contributed by atoms with Gasteiger partial charge in [0.05, 0.1) is 0 Å². The van der Waals surface area contributed by atoms with E-state index in [0.29, 0.717) is 0 Å². The van der Waals surface area contributed by atoms with Crippen molar-refractivity contribution >= 4 is 5.69 Å². The van der Waals surface area contributed by atoms with Crippen LogP contribution >= 0.6 is 0 Å². The molecule has 0 saturated heterocycles. The molecule has 0 radical (unpaired) electrons. The number of nitrogens with zero attached hydrogens (tertiary/aromatic N) is 1. The van der Waals surface area contributed by atoms with Crippen molar-refractivity contribution in [1.29, 1.82) is 0 Å². The van der Waals surface area contributed by atoms with Crippen LogP contribution in [-0.4, -0.2) is 30.6 Å². The lowest BCUT2D eigenvalue weighted by molar-refractivity contribution is 0.207. The molecular formula is C15H22N2. The maximum Gasteiger partial charge on any atom is 0.0373 e. The van der Waals surface area contributed by atoms with Crippen molar-refractivity contribution in [2.45, 2.75) is 38.1 Å². The van der Waals surface area contributed by atoms with Gasteiger partial charge in [0, 0.05) is 31.4 Å². The summed E-state index contributed by atoms with van der Waals surface area (Å²) in [7, 11) is 0. The number of rotatable bonds is 1. The second kappa shape index (κ2) is 5.09. The second-order valence-corrected chi connectivity index (χ2v) is 5.31. The molecule has 1 aliphatic carbocycles. The number of fused-ring (bicyclic) bond motifs is 1. The summed E-state index contributed by atoms with van der Waals surface area (Å²) in [5, 5.41) is 3.58. The van der Waals surface area contributed by atoms with E-state index in [1.807, 2.05) is 0 Å². The molecule has 1 fully saturated rings. The van der Waals surface area contributed by atoms with Gasteiger partial charge in [0.2, 0.25) is 0 Å². The average molecular weight is 230 g/mol. The molecule has 1 aromatic carbocycles. The first-order valence-corrected chi connectivity index (χ1v) is 6.99. The molecule has 2 nitrogen and oxygen atoms in total. The van der Waals surface area contributed by atoms with Crippen molar-refractivity contribution in [1.82, 2.24) is 4.90 Å². The average Bonchev–Trinajstić information content (AvgIpc) is 2.84. The first kappa shape index (κ1) is 11.1. The Labute approximate surface area is 104 Å². The Balaban J connectivity index is 1.70. The summed E-state index contributed by atoms with van der Waals surface area (Å²) in [6.45, 7) is 3.54. The molecule has 2 aliphatic rings. The molecule has 1 N–H and O–H groups in total. The van der Waals surface area contributed by atoms with Crippen molar-refractivity contribution in [3.8, 4) is 0 Å². The van der Waals surface area contributed by atoms with Crippen molar-refractivity contribution < 1.29 is 0 Å². The molecule has 1 saturated carbocycles. The third-order valence-electron chi connectivity index (χ3n) is 4.24. The van der Waals surface area contributed by atoms with Gasteiger partial charge in [-0.25, -0.2) is 0 Å². The summed E-state index contributed by atoms with van der Waals surface area (Å²) < 4.78 is 0. The van der Waals surface area contributed by atoms with Gasteiger partial charge in [-0.2, -0.15) is 0 Å². The van der Waals surface area contributed by atoms with E-state index in [0.717, 1.165) is 12.6 Å². The SMILES string of the molecule is c1ccc2c(c1)CCN(C1CCCC1)CCN2. The third-order valence-corrected chi connectivity index (χ3v) is 4.24. The molecule has 17 heavy (non-hydrogen) atoms. The molecule has 1 aromatic rings. The van der Waals surface area contributed by atoms with Gasteiger partial charge in [-0.3, -0.25) is 4.90 Å². The van der Waals surface area contributed by atoms with E-state index in [1.54, 1.807) is 0 Å². The summed E-state index contributed by atoms with van der Waals surface area (Å²) in [5.74, 6) is 0. The molecule has 0 atom stereocenters. The molecule has 92 valence electrons. The highest BCUT2D eigenvalue weighted by atomic mass is 15.2. The fourth-order valence-corrected chi connectivity index (χ4v) is 3.26. The van der Waals surface area contributed by atoms with Gasteiger partial charge >= 0.3 is 0 Å². The van der Waals surface area contributed by atoms with Crippen LogP contribution in [0.1, 0.15) is 31.2 Å². The minimum Gasteiger partial charge on any atom is -0.384 e. The fourth-order valence-electron chi connectivity index (χ4n) is 3.26. The smallest absolute Gasteiger partial charge is 0.0373 e. The van der Waals surface area contributed by atoms with E-state index in [4.69, 9.17) is 0 Å². The predicted molar refractivity (Wildman–Crippen MR) is 72.5 cm³/mol. The van der Waals surface area contributed by atoms with E-state index in [-0.39, 0.29) is 0 Å². The van der Waals surface area contributed by atoms with Crippen molar-refractivity contribution in [2.75, 3.05) is 25.0 Å². The molecule has 1 heterocycles. The fraction of sp³-hybridized carbons (Fsp3) is 0.600. The summed E-state index contributed by atoms with van der Waals surface area (Å²) in [5.41, 5.74) is 2.83. The topological polar surface area (TPSA) is 15.3 Å². The molecule has 3 rings (SSSR count). The zero-order valence-electron chi connectivity index (χ0n) is 10.5. The van der Waals surface area contributed by atoms with Crippen LogP contribution in [0.5, 0.6) is 0 Å².